The van der Waals surface area contributed by atoms with Crippen molar-refractivity contribution < 1.29 is 4.48 Å². The Labute approximate surface area is 83.1 Å². The Bertz CT molecular complexity index is 96.5. The fraction of sp³-hybridized carbons (Fsp3) is 1.00. The average molecular weight is 190 g/mol. The number of thiol groups is 1. The van der Waals surface area contributed by atoms with E-state index in [0.717, 1.165) is 10.2 Å². The van der Waals surface area contributed by atoms with Crippen LogP contribution in [0.15, 0.2) is 0 Å². The molecule has 12 heavy (non-hydrogen) atoms. The van der Waals surface area contributed by atoms with Crippen LogP contribution >= 0.6 is 12.6 Å². The molecule has 0 saturated heterocycles. The van der Waals surface area contributed by atoms with Crippen LogP contribution in [0.25, 0.3) is 0 Å². The van der Waals surface area contributed by atoms with Gasteiger partial charge in [-0.15, -0.1) is 0 Å². The van der Waals surface area contributed by atoms with Gasteiger partial charge in [0.05, 0.1) is 27.7 Å². The van der Waals surface area contributed by atoms with E-state index in [1.54, 1.807) is 0 Å². The van der Waals surface area contributed by atoms with Gasteiger partial charge < -0.3 is 4.48 Å². The summed E-state index contributed by atoms with van der Waals surface area (Å²) in [6.07, 6.45) is 6.80. The molecule has 0 aromatic carbocycles. The van der Waals surface area contributed by atoms with E-state index < -0.39 is 0 Å². The monoisotopic (exact) mass is 190 g/mol. The topological polar surface area (TPSA) is 0 Å². The molecule has 0 atom stereocenters. The van der Waals surface area contributed by atoms with Crippen LogP contribution in [0.1, 0.15) is 32.1 Å². The number of rotatable bonds is 7. The van der Waals surface area contributed by atoms with Gasteiger partial charge in [0.25, 0.3) is 0 Å². The van der Waals surface area contributed by atoms with Crippen molar-refractivity contribution in [2.45, 2.75) is 32.1 Å². The molecule has 0 saturated carbocycles. The zero-order valence-electron chi connectivity index (χ0n) is 8.84. The van der Waals surface area contributed by atoms with Gasteiger partial charge >= 0.3 is 0 Å². The molecule has 0 aliphatic carbocycles. The molecule has 1 nitrogen and oxygen atoms in total. The summed E-state index contributed by atoms with van der Waals surface area (Å²) in [5.41, 5.74) is 0. The normalized spacial score (nSPS) is 12.0. The Morgan fingerprint density at radius 2 is 1.33 bits per heavy atom. The second-order valence-electron chi connectivity index (χ2n) is 4.51. The molecule has 0 fully saturated rings. The number of quaternary nitrogens is 1. The summed E-state index contributed by atoms with van der Waals surface area (Å²) in [5.74, 6) is 1.05. The fourth-order valence-corrected chi connectivity index (χ4v) is 1.45. The Hall–Kier alpha value is 0.310. The van der Waals surface area contributed by atoms with E-state index >= 15 is 0 Å². The molecule has 0 radical (unpaired) electrons. The van der Waals surface area contributed by atoms with E-state index in [2.05, 4.69) is 33.8 Å². The first-order chi connectivity index (χ1) is 5.56. The van der Waals surface area contributed by atoms with Crippen molar-refractivity contribution in [3.8, 4) is 0 Å². The molecule has 0 aliphatic rings. The predicted octanol–water partition coefficient (Wildman–Crippen LogP) is 2.57. The van der Waals surface area contributed by atoms with E-state index in [4.69, 9.17) is 0 Å². The number of hydrogen-bond donors (Lipinski definition) is 1. The van der Waals surface area contributed by atoms with Crippen LogP contribution in [-0.4, -0.2) is 37.9 Å². The highest BCUT2D eigenvalue weighted by Gasteiger charge is 2.04. The summed E-state index contributed by atoms with van der Waals surface area (Å²) in [4.78, 5) is 0. The third-order valence-corrected chi connectivity index (χ3v) is 2.30. The molecule has 0 rings (SSSR count). The second kappa shape index (κ2) is 6.79. The van der Waals surface area contributed by atoms with Crippen LogP contribution in [0, 0.1) is 0 Å². The molecule has 0 heterocycles. The minimum absolute atomic E-state index is 1.05. The van der Waals surface area contributed by atoms with Crippen LogP contribution in [0.5, 0.6) is 0 Å². The Kier molecular flexibility index (Phi) is 6.96. The molecular weight excluding hydrogens is 166 g/mol. The van der Waals surface area contributed by atoms with Crippen molar-refractivity contribution in [3.05, 3.63) is 0 Å². The predicted molar refractivity (Wildman–Crippen MR) is 59.8 cm³/mol. The van der Waals surface area contributed by atoms with Crippen molar-refractivity contribution in [3.63, 3.8) is 0 Å². The Balaban J connectivity index is 3.01. The van der Waals surface area contributed by atoms with E-state index in [1.807, 2.05) is 0 Å². The summed E-state index contributed by atoms with van der Waals surface area (Å²) in [6.45, 7) is 1.31. The van der Waals surface area contributed by atoms with Gasteiger partial charge in [0.15, 0.2) is 0 Å². The van der Waals surface area contributed by atoms with Gasteiger partial charge in [-0.2, -0.15) is 12.6 Å². The molecular formula is C10H24NS+. The molecule has 0 amide bonds. The van der Waals surface area contributed by atoms with Crippen LogP contribution in [0.3, 0.4) is 0 Å². The average Bonchev–Trinajstić information content (AvgIpc) is 1.94. The molecule has 0 aliphatic heterocycles. The number of hydrogen-bond acceptors (Lipinski definition) is 1. The molecule has 0 unspecified atom stereocenters. The van der Waals surface area contributed by atoms with Crippen LogP contribution in [-0.2, 0) is 0 Å². The highest BCUT2D eigenvalue weighted by atomic mass is 32.1. The first kappa shape index (κ1) is 12.3. The highest BCUT2D eigenvalue weighted by Crippen LogP contribution is 2.05. The molecule has 0 bridgehead atoms. The molecule has 0 N–H and O–H groups in total. The van der Waals surface area contributed by atoms with Gasteiger partial charge in [0, 0.05) is 0 Å². The van der Waals surface area contributed by atoms with E-state index in [-0.39, 0.29) is 0 Å². The van der Waals surface area contributed by atoms with E-state index in [9.17, 15) is 0 Å². The first-order valence-corrected chi connectivity index (χ1v) is 5.61. The van der Waals surface area contributed by atoms with Crippen molar-refractivity contribution in [1.29, 1.82) is 0 Å². The van der Waals surface area contributed by atoms with Crippen molar-refractivity contribution in [2.24, 2.45) is 0 Å². The summed E-state index contributed by atoms with van der Waals surface area (Å²) in [7, 11) is 6.77. The SMILES string of the molecule is C[N+](C)(C)CCCCCCCS. The summed E-state index contributed by atoms with van der Waals surface area (Å²) >= 11 is 4.19. The number of nitrogens with zero attached hydrogens (tertiary/aromatic N) is 1. The van der Waals surface area contributed by atoms with Crippen LogP contribution in [0.2, 0.25) is 0 Å². The lowest BCUT2D eigenvalue weighted by Crippen LogP contribution is -2.35. The second-order valence-corrected chi connectivity index (χ2v) is 4.95. The Morgan fingerprint density at radius 1 is 0.833 bits per heavy atom. The minimum Gasteiger partial charge on any atom is -0.331 e. The van der Waals surface area contributed by atoms with Crippen LogP contribution < -0.4 is 0 Å². The molecule has 0 spiro atoms. The molecule has 0 aromatic rings. The third-order valence-electron chi connectivity index (χ3n) is 1.99. The van der Waals surface area contributed by atoms with E-state index in [0.29, 0.717) is 0 Å². The molecule has 0 aromatic heterocycles. The highest BCUT2D eigenvalue weighted by molar-refractivity contribution is 7.80. The standard InChI is InChI=1S/C10H23NS/c1-11(2,3)9-7-5-4-6-8-10-12/h4-10H2,1-3H3/p+1. The lowest BCUT2D eigenvalue weighted by atomic mass is 10.1. The lowest BCUT2D eigenvalue weighted by Gasteiger charge is -2.23. The summed E-state index contributed by atoms with van der Waals surface area (Å²) in [6, 6.07) is 0. The first-order valence-electron chi connectivity index (χ1n) is 4.97. The molecule has 2 heteroatoms. The minimum atomic E-state index is 1.05. The van der Waals surface area contributed by atoms with Gasteiger partial charge in [-0.05, 0) is 25.0 Å². The van der Waals surface area contributed by atoms with Crippen molar-refractivity contribution in [1.82, 2.24) is 0 Å². The summed E-state index contributed by atoms with van der Waals surface area (Å²) in [5, 5.41) is 0. The third kappa shape index (κ3) is 10.3. The van der Waals surface area contributed by atoms with Gasteiger partial charge in [-0.25, -0.2) is 0 Å². The smallest absolute Gasteiger partial charge is 0.0780 e. The fourth-order valence-electron chi connectivity index (χ4n) is 1.23. The zero-order valence-corrected chi connectivity index (χ0v) is 9.74. The maximum Gasteiger partial charge on any atom is 0.0780 e. The van der Waals surface area contributed by atoms with Gasteiger partial charge in [-0.1, -0.05) is 12.8 Å². The zero-order chi connectivity index (χ0) is 9.45. The van der Waals surface area contributed by atoms with Gasteiger partial charge in [0.1, 0.15) is 0 Å². The van der Waals surface area contributed by atoms with Crippen molar-refractivity contribution >= 4 is 12.6 Å². The Morgan fingerprint density at radius 3 is 1.83 bits per heavy atom. The summed E-state index contributed by atoms with van der Waals surface area (Å²) < 4.78 is 1.10. The van der Waals surface area contributed by atoms with E-state index in [1.165, 1.54) is 38.6 Å². The maximum atomic E-state index is 4.19. The maximum absolute atomic E-state index is 4.19. The quantitative estimate of drug-likeness (QED) is 0.356. The largest absolute Gasteiger partial charge is 0.331 e. The number of unbranched alkanes of at least 4 members (excludes halogenated alkanes) is 4. The van der Waals surface area contributed by atoms with Crippen molar-refractivity contribution in [2.75, 3.05) is 33.4 Å². The lowest BCUT2D eigenvalue weighted by molar-refractivity contribution is -0.870. The van der Waals surface area contributed by atoms with Gasteiger partial charge in [0.2, 0.25) is 0 Å². The molecule has 74 valence electrons. The van der Waals surface area contributed by atoms with Gasteiger partial charge in [-0.3, -0.25) is 0 Å². The van der Waals surface area contributed by atoms with Crippen LogP contribution in [0.4, 0.5) is 0 Å².